The number of rotatable bonds is 8. The van der Waals surface area contributed by atoms with Crippen molar-refractivity contribution in [2.75, 3.05) is 4.90 Å². The van der Waals surface area contributed by atoms with E-state index in [9.17, 15) is 0 Å². The quantitative estimate of drug-likeness (QED) is 0.113. The minimum atomic E-state index is -2.81. The van der Waals surface area contributed by atoms with Gasteiger partial charge in [0.05, 0.1) is 10.4 Å². The van der Waals surface area contributed by atoms with Crippen LogP contribution in [-0.4, -0.2) is 8.07 Å². The van der Waals surface area contributed by atoms with Crippen LogP contribution in [-0.2, 0) is 0 Å². The molecule has 0 N–H and O–H groups in total. The molecule has 0 amide bonds. The lowest BCUT2D eigenvalue weighted by atomic mass is 10.0. The first-order chi connectivity index (χ1) is 28.8. The van der Waals surface area contributed by atoms with Crippen molar-refractivity contribution in [1.82, 2.24) is 0 Å². The Morgan fingerprint density at radius 1 is 0.362 bits per heavy atom. The summed E-state index contributed by atoms with van der Waals surface area (Å²) in [4.78, 5) is 2.45. The van der Waals surface area contributed by atoms with Crippen molar-refractivity contribution in [2.45, 2.75) is 0 Å². The van der Waals surface area contributed by atoms with E-state index in [1.165, 1.54) is 52.0 Å². The molecule has 11 rings (SSSR count). The fourth-order valence-electron chi connectivity index (χ4n) is 9.05. The molecule has 0 aliphatic carbocycles. The van der Waals surface area contributed by atoms with Gasteiger partial charge in [-0.15, -0.1) is 11.3 Å². The summed E-state index contributed by atoms with van der Waals surface area (Å²) in [6.45, 7) is 0. The Morgan fingerprint density at radius 3 is 1.57 bits per heavy atom. The van der Waals surface area contributed by atoms with Crippen molar-refractivity contribution in [3.63, 3.8) is 0 Å². The van der Waals surface area contributed by atoms with Crippen molar-refractivity contribution in [3.8, 4) is 11.1 Å². The molecular weight excluding hydrogens is 739 g/mol. The Labute approximate surface area is 342 Å². The van der Waals surface area contributed by atoms with E-state index in [1.807, 2.05) is 17.4 Å². The van der Waals surface area contributed by atoms with Crippen LogP contribution in [0.5, 0.6) is 0 Å². The van der Waals surface area contributed by atoms with Gasteiger partial charge in [-0.05, 0) is 68.3 Å². The molecule has 0 aliphatic rings. The highest BCUT2D eigenvalue weighted by molar-refractivity contribution is 7.27. The Morgan fingerprint density at radius 2 is 0.879 bits per heavy atom. The van der Waals surface area contributed by atoms with E-state index in [2.05, 4.69) is 223 Å². The van der Waals surface area contributed by atoms with Crippen molar-refractivity contribution in [1.29, 1.82) is 0 Å². The van der Waals surface area contributed by atoms with Gasteiger partial charge >= 0.3 is 0 Å². The van der Waals surface area contributed by atoms with Crippen LogP contribution in [0.1, 0.15) is 0 Å². The van der Waals surface area contributed by atoms with Crippen molar-refractivity contribution in [2.24, 2.45) is 0 Å². The normalized spacial score (nSPS) is 11.8. The molecule has 2 heterocycles. The highest BCUT2D eigenvalue weighted by Gasteiger charge is 2.41. The average Bonchev–Trinajstić information content (AvgIpc) is 3.87. The molecule has 0 fully saturated rings. The van der Waals surface area contributed by atoms with Gasteiger partial charge in [-0.25, -0.2) is 0 Å². The summed E-state index contributed by atoms with van der Waals surface area (Å²) in [5.41, 5.74) is 7.53. The largest absolute Gasteiger partial charge is 0.456 e. The van der Waals surface area contributed by atoms with E-state index < -0.39 is 8.07 Å². The van der Waals surface area contributed by atoms with Gasteiger partial charge in [0.25, 0.3) is 0 Å². The van der Waals surface area contributed by atoms with E-state index in [0.29, 0.717) is 0 Å². The molecule has 2 nitrogen and oxygen atoms in total. The summed E-state index contributed by atoms with van der Waals surface area (Å²) in [7, 11) is -2.81. The molecule has 0 saturated carbocycles. The summed E-state index contributed by atoms with van der Waals surface area (Å²) < 4.78 is 9.09. The SMILES string of the molecule is c1ccc(-c2cccc3c2sc2c(N(c4cccc([Si](c5ccccc5)(c5ccccc5)c5ccccc5)c4)c4ccc5c(c4)oc4ccccc45)cccc23)cc1. The second-order valence-corrected chi connectivity index (χ2v) is 19.6. The lowest BCUT2D eigenvalue weighted by Crippen LogP contribution is -2.74. The predicted molar refractivity (Wildman–Crippen MR) is 250 cm³/mol. The monoisotopic (exact) mass is 775 g/mol. The molecule has 0 aliphatic heterocycles. The van der Waals surface area contributed by atoms with Gasteiger partial charge in [-0.2, -0.15) is 0 Å². The summed E-state index contributed by atoms with van der Waals surface area (Å²) in [6.07, 6.45) is 0. The smallest absolute Gasteiger partial charge is 0.179 e. The molecule has 0 bridgehead atoms. The number of fused-ring (bicyclic) bond motifs is 6. The van der Waals surface area contributed by atoms with E-state index in [0.717, 1.165) is 39.0 Å². The highest BCUT2D eigenvalue weighted by Crippen LogP contribution is 2.47. The number of hydrogen-bond acceptors (Lipinski definition) is 3. The topological polar surface area (TPSA) is 16.4 Å². The molecule has 0 spiro atoms. The maximum absolute atomic E-state index is 6.55. The van der Waals surface area contributed by atoms with Crippen LogP contribution in [0.3, 0.4) is 0 Å². The third kappa shape index (κ3) is 5.53. The Kier molecular flexibility index (Phi) is 8.39. The van der Waals surface area contributed by atoms with Gasteiger partial charge in [0.1, 0.15) is 11.2 Å². The predicted octanol–water partition coefficient (Wildman–Crippen LogP) is 12.5. The first-order valence-corrected chi connectivity index (χ1v) is 22.6. The number of para-hydroxylation sites is 1. The van der Waals surface area contributed by atoms with E-state index in [4.69, 9.17) is 4.42 Å². The number of furan rings is 1. The maximum Gasteiger partial charge on any atom is 0.179 e. The average molecular weight is 776 g/mol. The molecule has 0 unspecified atom stereocenters. The molecule has 11 aromatic rings. The van der Waals surface area contributed by atoms with Crippen LogP contribution >= 0.6 is 11.3 Å². The van der Waals surface area contributed by atoms with Crippen LogP contribution in [0.2, 0.25) is 0 Å². The van der Waals surface area contributed by atoms with Crippen LogP contribution in [0, 0.1) is 0 Å². The standard InChI is InChI=1S/C54H37NOSSi/c1-5-18-38(19-6-1)45-29-16-30-48-49-31-17-32-50(54(49)57-53(45)48)55(40-34-35-47-46-28-13-14-33-51(46)56-52(47)37-40)39-20-15-27-44(36-39)58(41-21-7-2-8-22-41,42-23-9-3-10-24-42)43-25-11-4-12-26-43/h1-37H. The summed E-state index contributed by atoms with van der Waals surface area (Å²) >= 11 is 1.88. The molecule has 0 radical (unpaired) electrons. The lowest BCUT2D eigenvalue weighted by Gasteiger charge is -2.35. The summed E-state index contributed by atoms with van der Waals surface area (Å²) in [5, 5.41) is 10.1. The molecular formula is C54H37NOSSi. The molecule has 58 heavy (non-hydrogen) atoms. The molecule has 274 valence electrons. The highest BCUT2D eigenvalue weighted by atomic mass is 32.1. The third-order valence-electron chi connectivity index (χ3n) is 11.6. The third-order valence-corrected chi connectivity index (χ3v) is 17.7. The lowest BCUT2D eigenvalue weighted by molar-refractivity contribution is 0.669. The number of hydrogen-bond donors (Lipinski definition) is 0. The van der Waals surface area contributed by atoms with Gasteiger partial charge in [0.2, 0.25) is 0 Å². The fourth-order valence-corrected chi connectivity index (χ4v) is 15.2. The number of anilines is 3. The van der Waals surface area contributed by atoms with Crippen LogP contribution in [0.15, 0.2) is 229 Å². The fraction of sp³-hybridized carbons (Fsp3) is 0. The van der Waals surface area contributed by atoms with Crippen LogP contribution in [0.25, 0.3) is 53.2 Å². The van der Waals surface area contributed by atoms with Gasteiger partial charge in [-0.1, -0.05) is 182 Å². The Balaban J connectivity index is 1.20. The molecule has 2 aromatic heterocycles. The van der Waals surface area contributed by atoms with E-state index >= 15 is 0 Å². The molecule has 0 saturated heterocycles. The maximum atomic E-state index is 6.55. The van der Waals surface area contributed by atoms with Crippen LogP contribution in [0.4, 0.5) is 17.1 Å². The first kappa shape index (κ1) is 34.3. The van der Waals surface area contributed by atoms with Gasteiger partial charge in [-0.3, -0.25) is 0 Å². The summed E-state index contributed by atoms with van der Waals surface area (Å²) in [6, 6.07) is 82.1. The minimum absolute atomic E-state index is 0.872. The zero-order chi connectivity index (χ0) is 38.5. The Hall–Kier alpha value is -6.98. The zero-order valence-corrected chi connectivity index (χ0v) is 33.4. The van der Waals surface area contributed by atoms with Crippen molar-refractivity contribution < 1.29 is 4.42 Å². The minimum Gasteiger partial charge on any atom is -0.456 e. The van der Waals surface area contributed by atoms with E-state index in [1.54, 1.807) is 0 Å². The van der Waals surface area contributed by atoms with Crippen LogP contribution < -0.4 is 25.6 Å². The van der Waals surface area contributed by atoms with Crippen molar-refractivity contribution in [3.05, 3.63) is 224 Å². The van der Waals surface area contributed by atoms with Gasteiger partial charge in [0.15, 0.2) is 8.07 Å². The number of nitrogens with zero attached hydrogens (tertiary/aromatic N) is 1. The number of thiophene rings is 1. The molecule has 0 atom stereocenters. The van der Waals surface area contributed by atoms with E-state index in [-0.39, 0.29) is 0 Å². The Bertz CT molecular complexity index is 3130. The first-order valence-electron chi connectivity index (χ1n) is 19.8. The molecule has 9 aromatic carbocycles. The zero-order valence-electron chi connectivity index (χ0n) is 31.6. The second-order valence-electron chi connectivity index (χ2n) is 14.8. The second kappa shape index (κ2) is 14.2. The molecule has 4 heteroatoms. The van der Waals surface area contributed by atoms with Gasteiger partial charge in [0, 0.05) is 43.7 Å². The summed E-state index contributed by atoms with van der Waals surface area (Å²) in [5.74, 6) is 0. The number of benzene rings is 9. The van der Waals surface area contributed by atoms with Gasteiger partial charge < -0.3 is 9.32 Å². The van der Waals surface area contributed by atoms with Crippen molar-refractivity contribution >= 4 is 99.3 Å².